The number of nitrogens with zero attached hydrogens (tertiary/aromatic N) is 1. The number of carboxylic acid groups (broad SMARTS) is 1. The molecule has 130 valence electrons. The number of benzene rings is 2. The lowest BCUT2D eigenvalue weighted by Crippen LogP contribution is -2.30. The third kappa shape index (κ3) is 4.63. The molecule has 0 fully saturated rings. The first kappa shape index (κ1) is 18.1. The number of aryl methyl sites for hydroxylation is 2. The number of carbonyl (C=O) groups is 2. The average molecular weight is 342 g/mol. The van der Waals surface area contributed by atoms with Crippen molar-refractivity contribution < 1.29 is 19.6 Å². The van der Waals surface area contributed by atoms with Crippen molar-refractivity contribution in [1.29, 1.82) is 0 Å². The predicted molar refractivity (Wildman–Crippen MR) is 91.5 cm³/mol. The van der Waals surface area contributed by atoms with Crippen LogP contribution in [0.1, 0.15) is 39.5 Å². The number of nitro groups is 1. The van der Waals surface area contributed by atoms with Crippen LogP contribution < -0.4 is 5.32 Å². The lowest BCUT2D eigenvalue weighted by molar-refractivity contribution is -0.384. The minimum atomic E-state index is -1.11. The van der Waals surface area contributed by atoms with Gasteiger partial charge in [-0.05, 0) is 42.7 Å². The number of aliphatic carboxylic acids is 1. The van der Waals surface area contributed by atoms with E-state index >= 15 is 0 Å². The molecule has 2 aromatic rings. The maximum Gasteiger partial charge on any atom is 0.305 e. The van der Waals surface area contributed by atoms with Gasteiger partial charge in [0.1, 0.15) is 0 Å². The van der Waals surface area contributed by atoms with Gasteiger partial charge in [-0.1, -0.05) is 18.2 Å². The van der Waals surface area contributed by atoms with Crippen LogP contribution in [0.4, 0.5) is 5.69 Å². The van der Waals surface area contributed by atoms with Crippen LogP contribution in [0.2, 0.25) is 0 Å². The van der Waals surface area contributed by atoms with Crippen molar-refractivity contribution in [2.45, 2.75) is 26.3 Å². The van der Waals surface area contributed by atoms with Crippen LogP contribution in [0.3, 0.4) is 0 Å². The quantitative estimate of drug-likeness (QED) is 0.619. The minimum Gasteiger partial charge on any atom is -0.481 e. The molecule has 0 aliphatic carbocycles. The number of hydrogen-bond donors (Lipinski definition) is 2. The van der Waals surface area contributed by atoms with E-state index in [1.807, 2.05) is 19.9 Å². The van der Waals surface area contributed by atoms with Crippen LogP contribution >= 0.6 is 0 Å². The van der Waals surface area contributed by atoms with Crippen molar-refractivity contribution in [1.82, 2.24) is 5.32 Å². The highest BCUT2D eigenvalue weighted by molar-refractivity contribution is 5.95. The highest BCUT2D eigenvalue weighted by atomic mass is 16.6. The third-order valence-corrected chi connectivity index (χ3v) is 3.94. The Hall–Kier alpha value is -3.22. The van der Waals surface area contributed by atoms with Crippen LogP contribution in [0.15, 0.2) is 42.5 Å². The molecule has 0 aliphatic heterocycles. The molecule has 7 heteroatoms. The van der Waals surface area contributed by atoms with E-state index in [2.05, 4.69) is 5.32 Å². The molecular weight excluding hydrogens is 324 g/mol. The molecule has 1 atom stereocenters. The van der Waals surface area contributed by atoms with Gasteiger partial charge >= 0.3 is 5.97 Å². The van der Waals surface area contributed by atoms with Crippen LogP contribution in [-0.2, 0) is 4.79 Å². The van der Waals surface area contributed by atoms with Gasteiger partial charge in [0.15, 0.2) is 0 Å². The summed E-state index contributed by atoms with van der Waals surface area (Å²) in [5.41, 5.74) is 2.60. The normalized spacial score (nSPS) is 11.6. The summed E-state index contributed by atoms with van der Waals surface area (Å²) in [6, 6.07) is 9.92. The third-order valence-electron chi connectivity index (χ3n) is 3.94. The molecule has 0 radical (unpaired) electrons. The number of amides is 1. The molecule has 7 nitrogen and oxygen atoms in total. The first-order valence-corrected chi connectivity index (χ1v) is 7.62. The highest BCUT2D eigenvalue weighted by Gasteiger charge is 2.21. The van der Waals surface area contributed by atoms with Crippen molar-refractivity contribution >= 4 is 17.6 Å². The van der Waals surface area contributed by atoms with E-state index in [0.29, 0.717) is 11.1 Å². The molecule has 25 heavy (non-hydrogen) atoms. The number of carbonyl (C=O) groups excluding carboxylic acids is 1. The largest absolute Gasteiger partial charge is 0.481 e. The zero-order valence-electron chi connectivity index (χ0n) is 13.9. The van der Waals surface area contributed by atoms with E-state index in [0.717, 1.165) is 11.1 Å². The molecule has 0 spiro atoms. The summed E-state index contributed by atoms with van der Waals surface area (Å²) in [7, 11) is 0. The topological polar surface area (TPSA) is 110 Å². The van der Waals surface area contributed by atoms with Gasteiger partial charge in [-0.3, -0.25) is 19.7 Å². The maximum absolute atomic E-state index is 12.5. The fourth-order valence-electron chi connectivity index (χ4n) is 2.41. The van der Waals surface area contributed by atoms with Gasteiger partial charge in [-0.2, -0.15) is 0 Å². The van der Waals surface area contributed by atoms with E-state index in [-0.39, 0.29) is 12.1 Å². The Balaban J connectivity index is 2.29. The lowest BCUT2D eigenvalue weighted by atomic mass is 10.0. The Morgan fingerprint density at radius 2 is 1.88 bits per heavy atom. The minimum absolute atomic E-state index is 0.159. The fraction of sp³-hybridized carbons (Fsp3) is 0.222. The first-order valence-electron chi connectivity index (χ1n) is 7.62. The van der Waals surface area contributed by atoms with Gasteiger partial charge in [0.25, 0.3) is 11.6 Å². The molecule has 2 aromatic carbocycles. The van der Waals surface area contributed by atoms with Gasteiger partial charge in [0.2, 0.25) is 0 Å². The number of hydrogen-bond acceptors (Lipinski definition) is 4. The fourth-order valence-corrected chi connectivity index (χ4v) is 2.41. The Morgan fingerprint density at radius 3 is 2.48 bits per heavy atom. The molecule has 0 aliphatic rings. The number of carboxylic acids is 1. The molecule has 2 rings (SSSR count). The summed E-state index contributed by atoms with van der Waals surface area (Å²) < 4.78 is 0. The van der Waals surface area contributed by atoms with Crippen molar-refractivity contribution in [3.63, 3.8) is 0 Å². The molecule has 0 saturated heterocycles. The van der Waals surface area contributed by atoms with E-state index < -0.39 is 22.8 Å². The molecule has 0 bridgehead atoms. The van der Waals surface area contributed by atoms with Crippen molar-refractivity contribution in [2.24, 2.45) is 0 Å². The Labute approximate surface area is 144 Å². The van der Waals surface area contributed by atoms with E-state index in [4.69, 9.17) is 5.11 Å². The molecule has 0 heterocycles. The Kier molecular flexibility index (Phi) is 5.49. The highest BCUT2D eigenvalue weighted by Crippen LogP contribution is 2.22. The Bertz CT molecular complexity index is 832. The van der Waals surface area contributed by atoms with E-state index in [1.54, 1.807) is 18.2 Å². The molecular formula is C18H18N2O5. The first-order chi connectivity index (χ1) is 11.8. The second kappa shape index (κ2) is 7.57. The molecule has 0 aromatic heterocycles. The van der Waals surface area contributed by atoms with Crippen LogP contribution in [0, 0.1) is 24.0 Å². The summed E-state index contributed by atoms with van der Waals surface area (Å²) in [4.78, 5) is 33.9. The smallest absolute Gasteiger partial charge is 0.305 e. The zero-order chi connectivity index (χ0) is 18.6. The summed E-state index contributed by atoms with van der Waals surface area (Å²) >= 11 is 0. The molecule has 2 N–H and O–H groups in total. The van der Waals surface area contributed by atoms with Crippen molar-refractivity contribution in [2.75, 3.05) is 0 Å². The van der Waals surface area contributed by atoms with Crippen LogP contribution in [0.25, 0.3) is 0 Å². The average Bonchev–Trinajstić information content (AvgIpc) is 2.56. The predicted octanol–water partition coefficient (Wildman–Crippen LogP) is 3.16. The zero-order valence-corrected chi connectivity index (χ0v) is 13.9. The number of rotatable bonds is 6. The van der Waals surface area contributed by atoms with Crippen molar-refractivity contribution in [3.05, 3.63) is 74.8 Å². The van der Waals surface area contributed by atoms with Crippen molar-refractivity contribution in [3.8, 4) is 0 Å². The Morgan fingerprint density at radius 1 is 1.16 bits per heavy atom. The van der Waals surface area contributed by atoms with E-state index in [1.165, 1.54) is 18.2 Å². The standard InChI is InChI=1S/C18H18N2O5/c1-11-6-7-14(8-12(11)2)18(23)19-16(10-17(21)22)13-4-3-5-15(9-13)20(24)25/h3-9,16H,10H2,1-2H3,(H,19,23)(H,21,22)/t16-/m0/s1. The number of non-ortho nitro benzene ring substituents is 1. The molecule has 1 amide bonds. The van der Waals surface area contributed by atoms with E-state index in [9.17, 15) is 19.7 Å². The van der Waals surface area contributed by atoms with Gasteiger partial charge in [-0.15, -0.1) is 0 Å². The van der Waals surface area contributed by atoms with Crippen LogP contribution in [0.5, 0.6) is 0 Å². The van der Waals surface area contributed by atoms with Gasteiger partial charge < -0.3 is 10.4 Å². The monoisotopic (exact) mass is 342 g/mol. The van der Waals surface area contributed by atoms with Gasteiger partial charge in [0.05, 0.1) is 17.4 Å². The second-order valence-corrected chi connectivity index (χ2v) is 5.78. The second-order valence-electron chi connectivity index (χ2n) is 5.78. The lowest BCUT2D eigenvalue weighted by Gasteiger charge is -2.18. The number of nitro benzene ring substituents is 1. The summed E-state index contributed by atoms with van der Waals surface area (Å²) in [6.45, 7) is 3.80. The SMILES string of the molecule is Cc1ccc(C(=O)N[C@@H](CC(=O)O)c2cccc([N+](=O)[O-])c2)cc1C. The maximum atomic E-state index is 12.5. The molecule has 0 unspecified atom stereocenters. The van der Waals surface area contributed by atoms with Gasteiger partial charge in [-0.25, -0.2) is 0 Å². The van der Waals surface area contributed by atoms with Crippen LogP contribution in [-0.4, -0.2) is 21.9 Å². The number of nitrogens with one attached hydrogen (secondary N) is 1. The summed E-state index contributed by atoms with van der Waals surface area (Å²) in [5.74, 6) is -1.54. The summed E-state index contributed by atoms with van der Waals surface area (Å²) in [5, 5.41) is 22.7. The van der Waals surface area contributed by atoms with Gasteiger partial charge in [0, 0.05) is 17.7 Å². The molecule has 0 saturated carbocycles. The summed E-state index contributed by atoms with van der Waals surface area (Å²) in [6.07, 6.45) is -0.377.